The third kappa shape index (κ3) is 11.2. The molecule has 2 aromatic heterocycles. The van der Waals surface area contributed by atoms with Crippen LogP contribution in [0.4, 0.5) is 4.79 Å². The van der Waals surface area contributed by atoms with Crippen molar-refractivity contribution in [3.8, 4) is 11.3 Å². The number of aromatic nitrogens is 2. The summed E-state index contributed by atoms with van der Waals surface area (Å²) >= 11 is 1.54. The number of benzene rings is 1. The van der Waals surface area contributed by atoms with Crippen molar-refractivity contribution in [2.24, 2.45) is 10.4 Å². The summed E-state index contributed by atoms with van der Waals surface area (Å²) < 4.78 is 25.6. The van der Waals surface area contributed by atoms with Gasteiger partial charge in [0.25, 0.3) is 12.4 Å². The highest BCUT2D eigenvalue weighted by Crippen LogP contribution is 2.42. The van der Waals surface area contributed by atoms with Gasteiger partial charge >= 0.3 is 6.09 Å². The summed E-state index contributed by atoms with van der Waals surface area (Å²) in [7, 11) is 5.61. The van der Waals surface area contributed by atoms with Gasteiger partial charge in [0.2, 0.25) is 0 Å². The lowest BCUT2D eigenvalue weighted by Crippen LogP contribution is -2.61. The largest absolute Gasteiger partial charge is 0.467 e. The van der Waals surface area contributed by atoms with Crippen LogP contribution in [-0.4, -0.2) is 121 Å². The molecule has 0 spiro atoms. The second-order valence-corrected chi connectivity index (χ2v) is 18.1. The lowest BCUT2D eigenvalue weighted by molar-refractivity contribution is -0.140. The molecule has 0 radical (unpaired) electrons. The molecule has 318 valence electrons. The number of carbonyl (C=O) groups is 3. The number of nitrogens with zero attached hydrogens (tertiary/aromatic N) is 5. The normalized spacial score (nSPS) is 17.9. The summed E-state index contributed by atoms with van der Waals surface area (Å²) in [6.45, 7) is 17.3. The van der Waals surface area contributed by atoms with Crippen molar-refractivity contribution in [2.75, 3.05) is 59.8 Å². The summed E-state index contributed by atoms with van der Waals surface area (Å²) in [5.41, 5.74) is 8.16. The van der Waals surface area contributed by atoms with Crippen LogP contribution in [0.15, 0.2) is 41.5 Å². The Hall–Kier alpha value is -4.02. The molecule has 1 aromatic carbocycles. The molecule has 58 heavy (non-hydrogen) atoms. The second kappa shape index (κ2) is 19.8. The topological polar surface area (TPSA) is 149 Å². The van der Waals surface area contributed by atoms with Gasteiger partial charge in [0.05, 0.1) is 36.7 Å². The number of ether oxygens (including phenoxy) is 4. The third-order valence-electron chi connectivity index (χ3n) is 10.3. The van der Waals surface area contributed by atoms with Crippen LogP contribution in [0.2, 0.25) is 0 Å². The first-order valence-electron chi connectivity index (χ1n) is 20.3. The predicted molar refractivity (Wildman–Crippen MR) is 229 cm³/mol. The van der Waals surface area contributed by atoms with E-state index in [-0.39, 0.29) is 30.1 Å². The molecule has 2 N–H and O–H groups in total. The number of rotatable bonds is 18. The van der Waals surface area contributed by atoms with Crippen molar-refractivity contribution in [1.29, 1.82) is 0 Å². The number of hydrogen-bond acceptors (Lipinski definition) is 12. The fourth-order valence-corrected chi connectivity index (χ4v) is 8.61. The molecule has 2 aliphatic rings. The Bertz CT molecular complexity index is 1920. The van der Waals surface area contributed by atoms with Crippen molar-refractivity contribution < 1.29 is 33.3 Å². The Morgan fingerprint density at radius 1 is 1.16 bits per heavy atom. The summed E-state index contributed by atoms with van der Waals surface area (Å²) in [4.78, 5) is 50.9. The molecule has 1 saturated heterocycles. The van der Waals surface area contributed by atoms with E-state index in [9.17, 15) is 14.4 Å². The molecule has 3 aromatic rings. The highest BCUT2D eigenvalue weighted by molar-refractivity contribution is 8.14. The monoisotopic (exact) mass is 821 g/mol. The number of aryl methyl sites for hydroxylation is 1. The molecule has 2 amide bonds. The molecule has 15 heteroatoms. The van der Waals surface area contributed by atoms with Crippen LogP contribution in [0.5, 0.6) is 0 Å². The van der Waals surface area contributed by atoms with Gasteiger partial charge in [0, 0.05) is 67.1 Å². The molecule has 1 unspecified atom stereocenters. The molecule has 0 saturated carbocycles. The Balaban J connectivity index is 1.61. The highest BCUT2D eigenvalue weighted by atomic mass is 32.2. The number of fused-ring (bicyclic) bond motifs is 1. The number of methoxy groups -OCH3 is 1. The minimum Gasteiger partial charge on any atom is -0.467 e. The Kier molecular flexibility index (Phi) is 15.4. The molecule has 0 bridgehead atoms. The van der Waals surface area contributed by atoms with E-state index in [1.165, 1.54) is 0 Å². The number of likely N-dealkylation sites (N-methyl/N-ethyl adjacent to an activating group) is 1. The van der Waals surface area contributed by atoms with Crippen LogP contribution in [0.1, 0.15) is 90.3 Å². The zero-order valence-corrected chi connectivity index (χ0v) is 36.7. The van der Waals surface area contributed by atoms with Gasteiger partial charge in [0.1, 0.15) is 22.8 Å². The second-order valence-electron chi connectivity index (χ2n) is 17.0. The molecule has 14 nitrogen and oxygen atoms in total. The predicted octanol–water partition coefficient (Wildman–Crippen LogP) is 6.33. The van der Waals surface area contributed by atoms with E-state index in [2.05, 4.69) is 60.3 Å². The van der Waals surface area contributed by atoms with Crippen LogP contribution in [0.25, 0.3) is 22.2 Å². The van der Waals surface area contributed by atoms with Crippen molar-refractivity contribution >= 4 is 46.2 Å². The lowest BCUT2D eigenvalue weighted by atomic mass is 9.84. The Labute approximate surface area is 347 Å². The standard InChI is InChI=1S/C43H63N7O7S/c1-11-49-34-17-16-29(23-31(34)32(24-43(6,7)26-55-27-51)37(49)30-15-14-18-44-35(30)28(2)54-10)33-25-58-39(46-33)38(56-22-21-48(8)9)36(47-41(53)57-42(3,4)5)40(52)50-20-13-12-19-45-50/h14-18,23,27-28,33,36,38,45H,11-13,19-22,24-26H2,1-10H3,(H,47,53)/t28-,33?,36-,38-/m0/s1. The molecule has 4 heterocycles. The van der Waals surface area contributed by atoms with Crippen molar-refractivity contribution in [3.63, 3.8) is 0 Å². The summed E-state index contributed by atoms with van der Waals surface area (Å²) in [6.07, 6.45) is 2.43. The molecule has 2 aliphatic heterocycles. The van der Waals surface area contributed by atoms with E-state index in [0.717, 1.165) is 51.8 Å². The maximum Gasteiger partial charge on any atom is 0.408 e. The Morgan fingerprint density at radius 2 is 1.93 bits per heavy atom. The first kappa shape index (κ1) is 45.1. The number of carbonyl (C=O) groups excluding carboxylic acids is 3. The van der Waals surface area contributed by atoms with Crippen molar-refractivity contribution in [2.45, 2.75) is 104 Å². The van der Waals surface area contributed by atoms with E-state index in [1.807, 2.05) is 32.0 Å². The average Bonchev–Trinajstić information content (AvgIpc) is 3.79. The summed E-state index contributed by atoms with van der Waals surface area (Å²) in [5.74, 6) is 0.322. The van der Waals surface area contributed by atoms with Gasteiger partial charge in [0.15, 0.2) is 0 Å². The minimum atomic E-state index is -1.08. The number of aliphatic imine (C=N–C) groups is 1. The number of nitrogens with one attached hydrogen (secondary N) is 2. The van der Waals surface area contributed by atoms with Crippen LogP contribution in [0, 0.1) is 5.41 Å². The van der Waals surface area contributed by atoms with Gasteiger partial charge in [-0.3, -0.25) is 24.6 Å². The average molecular weight is 822 g/mol. The number of thioether (sulfide) groups is 1. The lowest BCUT2D eigenvalue weighted by Gasteiger charge is -2.34. The molecule has 1 fully saturated rings. The van der Waals surface area contributed by atoms with E-state index in [0.29, 0.717) is 56.5 Å². The zero-order valence-electron chi connectivity index (χ0n) is 35.9. The fourth-order valence-electron chi connectivity index (χ4n) is 7.44. The van der Waals surface area contributed by atoms with Gasteiger partial charge in [-0.05, 0) is 103 Å². The number of hydrogen-bond donors (Lipinski definition) is 2. The maximum absolute atomic E-state index is 14.3. The quantitative estimate of drug-likeness (QED) is 0.139. The molecular weight excluding hydrogens is 759 g/mol. The van der Waals surface area contributed by atoms with Gasteiger partial charge in [-0.1, -0.05) is 19.9 Å². The number of hydrazine groups is 1. The van der Waals surface area contributed by atoms with Crippen molar-refractivity contribution in [1.82, 2.24) is 30.2 Å². The fraction of sp³-hybridized carbons (Fsp3) is 0.605. The van der Waals surface area contributed by atoms with Crippen LogP contribution < -0.4 is 10.7 Å². The summed E-state index contributed by atoms with van der Waals surface area (Å²) in [5, 5.41) is 6.19. The maximum atomic E-state index is 14.3. The minimum absolute atomic E-state index is 0.239. The van der Waals surface area contributed by atoms with Gasteiger partial charge in [-0.25, -0.2) is 10.2 Å². The van der Waals surface area contributed by atoms with E-state index in [4.69, 9.17) is 28.9 Å². The number of pyridine rings is 1. The van der Waals surface area contributed by atoms with E-state index < -0.39 is 23.8 Å². The Morgan fingerprint density at radius 3 is 2.59 bits per heavy atom. The SMILES string of the molecule is CCn1c(-c2cccnc2[C@H](C)OC)c(CC(C)(C)COC=O)c2cc(C3CSC([C@@H](OCCN(C)C)[C@H](NC(=O)OC(C)(C)C)C(=O)N4CCCCN4)=N3)ccc21. The van der Waals surface area contributed by atoms with Crippen LogP contribution in [0.3, 0.4) is 0 Å². The summed E-state index contributed by atoms with van der Waals surface area (Å²) in [6, 6.07) is 9.24. The number of alkyl carbamates (subject to hydrolysis) is 1. The molecular formula is C43H63N7O7S. The molecule has 5 rings (SSSR count). The van der Waals surface area contributed by atoms with Gasteiger partial charge in [-0.2, -0.15) is 0 Å². The highest BCUT2D eigenvalue weighted by Gasteiger charge is 2.41. The molecule has 0 aliphatic carbocycles. The zero-order chi connectivity index (χ0) is 42.2. The molecule has 4 atom stereocenters. The third-order valence-corrected chi connectivity index (χ3v) is 11.4. The van der Waals surface area contributed by atoms with Crippen LogP contribution in [-0.2, 0) is 41.5 Å². The van der Waals surface area contributed by atoms with Crippen molar-refractivity contribution in [3.05, 3.63) is 53.3 Å². The van der Waals surface area contributed by atoms with E-state index >= 15 is 0 Å². The van der Waals surface area contributed by atoms with Crippen LogP contribution >= 0.6 is 11.8 Å². The van der Waals surface area contributed by atoms with E-state index in [1.54, 1.807) is 50.8 Å². The first-order chi connectivity index (χ1) is 27.6. The number of amides is 2. The van der Waals surface area contributed by atoms with Gasteiger partial charge < -0.3 is 33.7 Å². The first-order valence-corrected chi connectivity index (χ1v) is 21.3. The van der Waals surface area contributed by atoms with Gasteiger partial charge in [-0.15, -0.1) is 11.8 Å². The smallest absolute Gasteiger partial charge is 0.408 e.